The Morgan fingerprint density at radius 3 is 2.70 bits per heavy atom. The van der Waals surface area contributed by atoms with Crippen molar-refractivity contribution >= 4 is 34.4 Å². The van der Waals surface area contributed by atoms with Gasteiger partial charge in [0.1, 0.15) is 23.4 Å². The number of fused-ring (bicyclic) bond motifs is 1. The van der Waals surface area contributed by atoms with E-state index >= 15 is 0 Å². The van der Waals surface area contributed by atoms with Gasteiger partial charge in [-0.15, -0.1) is 11.8 Å². The molecule has 4 aromatic rings. The molecule has 152 valence electrons. The number of carbonyl (C=O) groups is 1. The first kappa shape index (κ1) is 19.9. The lowest BCUT2D eigenvalue weighted by Crippen LogP contribution is -2.28. The number of hydrogen-bond acceptors (Lipinski definition) is 4. The summed E-state index contributed by atoms with van der Waals surface area (Å²) >= 11 is 1.58. The second-order valence-electron chi connectivity index (χ2n) is 6.82. The number of aryl methyl sites for hydroxylation is 1. The molecule has 0 saturated carbocycles. The minimum Gasteiger partial charge on any atom is -0.344 e. The van der Waals surface area contributed by atoms with E-state index in [2.05, 4.69) is 10.3 Å². The van der Waals surface area contributed by atoms with Gasteiger partial charge in [-0.2, -0.15) is 0 Å². The van der Waals surface area contributed by atoms with Crippen LogP contribution in [0, 0.1) is 5.82 Å². The molecular weight excluding hydrogens is 403 g/mol. The minimum atomic E-state index is -0.330. The van der Waals surface area contributed by atoms with Gasteiger partial charge in [-0.1, -0.05) is 18.2 Å². The largest absolute Gasteiger partial charge is 0.344 e. The van der Waals surface area contributed by atoms with Crippen LogP contribution < -0.4 is 10.9 Å². The molecule has 8 heteroatoms. The normalized spacial score (nSPS) is 11.0. The van der Waals surface area contributed by atoms with Crippen molar-refractivity contribution in [2.24, 2.45) is 7.05 Å². The number of aromatic nitrogens is 3. The van der Waals surface area contributed by atoms with Crippen LogP contribution >= 0.6 is 11.8 Å². The highest BCUT2D eigenvalue weighted by Gasteiger charge is 2.16. The lowest BCUT2D eigenvalue weighted by atomic mass is 10.1. The fourth-order valence-electron chi connectivity index (χ4n) is 3.32. The smallest absolute Gasteiger partial charge is 0.278 e. The molecule has 0 fully saturated rings. The summed E-state index contributed by atoms with van der Waals surface area (Å²) in [5.74, 6) is -0.646. The van der Waals surface area contributed by atoms with Gasteiger partial charge in [-0.05, 0) is 42.2 Å². The van der Waals surface area contributed by atoms with Crippen LogP contribution in [0.4, 0.5) is 10.1 Å². The topological polar surface area (TPSA) is 68.9 Å². The fraction of sp³-hybridized carbons (Fsp3) is 0.136. The zero-order valence-corrected chi connectivity index (χ0v) is 17.2. The van der Waals surface area contributed by atoms with Gasteiger partial charge >= 0.3 is 0 Å². The van der Waals surface area contributed by atoms with Crippen molar-refractivity contribution in [2.75, 3.05) is 11.6 Å². The SMILES string of the molecule is CSc1cccc(NC(=O)Cn2cnc3c(-c4ccc(F)cc4)cn(C)c3c2=O)c1. The third kappa shape index (κ3) is 3.86. The highest BCUT2D eigenvalue weighted by atomic mass is 32.2. The summed E-state index contributed by atoms with van der Waals surface area (Å²) in [6.45, 7) is -0.150. The molecule has 0 saturated heterocycles. The maximum atomic E-state index is 13.2. The Morgan fingerprint density at radius 2 is 1.97 bits per heavy atom. The Hall–Kier alpha value is -3.39. The number of nitrogens with one attached hydrogen (secondary N) is 1. The van der Waals surface area contributed by atoms with E-state index < -0.39 is 0 Å². The van der Waals surface area contributed by atoms with E-state index in [1.54, 1.807) is 47.8 Å². The Morgan fingerprint density at radius 1 is 1.20 bits per heavy atom. The molecule has 0 aliphatic rings. The Kier molecular flexibility index (Phi) is 5.41. The molecule has 0 radical (unpaired) electrons. The first-order chi connectivity index (χ1) is 14.5. The lowest BCUT2D eigenvalue weighted by molar-refractivity contribution is -0.116. The Labute approximate surface area is 176 Å². The van der Waals surface area contributed by atoms with Crippen LogP contribution in [0.1, 0.15) is 0 Å². The summed E-state index contributed by atoms with van der Waals surface area (Å²) in [7, 11) is 1.75. The van der Waals surface area contributed by atoms with E-state index in [0.717, 1.165) is 16.0 Å². The highest BCUT2D eigenvalue weighted by molar-refractivity contribution is 7.98. The molecule has 2 aromatic heterocycles. The van der Waals surface area contributed by atoms with E-state index in [-0.39, 0.29) is 23.8 Å². The van der Waals surface area contributed by atoms with Crippen LogP contribution in [0.15, 0.2) is 70.7 Å². The van der Waals surface area contributed by atoms with E-state index in [9.17, 15) is 14.0 Å². The summed E-state index contributed by atoms with van der Waals surface area (Å²) in [5, 5.41) is 2.81. The van der Waals surface area contributed by atoms with Crippen molar-refractivity contribution in [3.05, 3.63) is 77.2 Å². The first-order valence-corrected chi connectivity index (χ1v) is 10.4. The molecule has 4 rings (SSSR count). The summed E-state index contributed by atoms with van der Waals surface area (Å²) in [6.07, 6.45) is 5.11. The third-order valence-corrected chi connectivity index (χ3v) is 5.49. The quantitative estimate of drug-likeness (QED) is 0.495. The van der Waals surface area contributed by atoms with Gasteiger partial charge in [-0.3, -0.25) is 14.2 Å². The van der Waals surface area contributed by atoms with E-state index in [4.69, 9.17) is 0 Å². The number of nitrogens with zero attached hydrogens (tertiary/aromatic N) is 3. The maximum Gasteiger partial charge on any atom is 0.278 e. The standard InChI is InChI=1S/C22H19FN4O2S/c1-26-11-18(14-6-8-15(23)9-7-14)20-21(26)22(29)27(13-24-20)12-19(28)25-16-4-3-5-17(10-16)30-2/h3-11,13H,12H2,1-2H3,(H,25,28). The van der Waals surface area contributed by atoms with Gasteiger partial charge in [0.25, 0.3) is 5.56 Å². The molecule has 30 heavy (non-hydrogen) atoms. The molecular formula is C22H19FN4O2S. The van der Waals surface area contributed by atoms with Crippen LogP contribution in [0.3, 0.4) is 0 Å². The first-order valence-electron chi connectivity index (χ1n) is 9.20. The molecule has 0 aliphatic heterocycles. The van der Waals surface area contributed by atoms with Gasteiger partial charge in [0.05, 0.1) is 6.33 Å². The van der Waals surface area contributed by atoms with Gasteiger partial charge in [0.2, 0.25) is 5.91 Å². The van der Waals surface area contributed by atoms with Crippen LogP contribution in [0.2, 0.25) is 0 Å². The monoisotopic (exact) mass is 422 g/mol. The summed E-state index contributed by atoms with van der Waals surface area (Å²) in [6, 6.07) is 13.5. The maximum absolute atomic E-state index is 13.2. The molecule has 6 nitrogen and oxygen atoms in total. The van der Waals surface area contributed by atoms with Crippen LogP contribution in [0.25, 0.3) is 22.2 Å². The van der Waals surface area contributed by atoms with Crippen molar-refractivity contribution in [1.82, 2.24) is 14.1 Å². The molecule has 0 aliphatic carbocycles. The number of thioether (sulfide) groups is 1. The van der Waals surface area contributed by atoms with Gasteiger partial charge in [0.15, 0.2) is 0 Å². The number of benzene rings is 2. The molecule has 2 aromatic carbocycles. The number of anilines is 1. The van der Waals surface area contributed by atoms with Crippen LogP contribution in [0.5, 0.6) is 0 Å². The van der Waals surface area contributed by atoms with Gasteiger partial charge < -0.3 is 9.88 Å². The van der Waals surface area contributed by atoms with Gasteiger partial charge in [-0.25, -0.2) is 9.37 Å². The molecule has 0 atom stereocenters. The molecule has 1 amide bonds. The third-order valence-electron chi connectivity index (χ3n) is 4.77. The molecule has 2 heterocycles. The van der Waals surface area contributed by atoms with Crippen molar-refractivity contribution in [3.8, 4) is 11.1 Å². The summed E-state index contributed by atoms with van der Waals surface area (Å²) in [4.78, 5) is 30.9. The predicted octanol–water partition coefficient (Wildman–Crippen LogP) is 3.90. The molecule has 0 spiro atoms. The zero-order valence-electron chi connectivity index (χ0n) is 16.4. The van der Waals surface area contributed by atoms with Crippen molar-refractivity contribution in [3.63, 3.8) is 0 Å². The lowest BCUT2D eigenvalue weighted by Gasteiger charge is -2.09. The summed E-state index contributed by atoms with van der Waals surface area (Å²) < 4.78 is 16.2. The van der Waals surface area contributed by atoms with E-state index in [1.165, 1.54) is 23.0 Å². The molecule has 0 bridgehead atoms. The zero-order chi connectivity index (χ0) is 21.3. The van der Waals surface area contributed by atoms with E-state index in [0.29, 0.717) is 16.7 Å². The van der Waals surface area contributed by atoms with Crippen molar-refractivity contribution in [2.45, 2.75) is 11.4 Å². The number of hydrogen-bond donors (Lipinski definition) is 1. The average molecular weight is 422 g/mol. The summed E-state index contributed by atoms with van der Waals surface area (Å²) in [5.41, 5.74) is 2.75. The van der Waals surface area contributed by atoms with Crippen LogP contribution in [-0.2, 0) is 18.4 Å². The second kappa shape index (κ2) is 8.16. The minimum absolute atomic E-state index is 0.150. The molecule has 0 unspecified atom stereocenters. The Balaban J connectivity index is 1.63. The number of halogens is 1. The number of carbonyl (C=O) groups excluding carboxylic acids is 1. The number of rotatable bonds is 5. The molecule has 1 N–H and O–H groups in total. The Bertz CT molecular complexity index is 1290. The predicted molar refractivity (Wildman–Crippen MR) is 117 cm³/mol. The average Bonchev–Trinajstić information content (AvgIpc) is 3.08. The van der Waals surface area contributed by atoms with Crippen molar-refractivity contribution in [1.29, 1.82) is 0 Å². The second-order valence-corrected chi connectivity index (χ2v) is 7.70. The van der Waals surface area contributed by atoms with Crippen LogP contribution in [-0.4, -0.2) is 26.3 Å². The van der Waals surface area contributed by atoms with Gasteiger partial charge in [0, 0.05) is 29.4 Å². The van der Waals surface area contributed by atoms with E-state index in [1.807, 2.05) is 24.5 Å². The van der Waals surface area contributed by atoms with Crippen molar-refractivity contribution < 1.29 is 9.18 Å². The number of amides is 1. The fourth-order valence-corrected chi connectivity index (χ4v) is 3.78. The highest BCUT2D eigenvalue weighted by Crippen LogP contribution is 2.27.